The molecule has 0 aromatic heterocycles. The second kappa shape index (κ2) is 4.67. The average molecular weight is 325 g/mol. The van der Waals surface area contributed by atoms with Crippen molar-refractivity contribution in [2.24, 2.45) is 11.3 Å². The Labute approximate surface area is 103 Å². The highest BCUT2D eigenvalue weighted by molar-refractivity contribution is 14.1. The first kappa shape index (κ1) is 12.7. The van der Waals surface area contributed by atoms with Crippen molar-refractivity contribution in [3.05, 3.63) is 0 Å². The molecule has 0 radical (unpaired) electrons. The summed E-state index contributed by atoms with van der Waals surface area (Å²) in [6.07, 6.45) is 0.934. The SMILES string of the molecule is COC(=O)C(I)CNC(=O)C1CC1(C)C. The van der Waals surface area contributed by atoms with Crippen LogP contribution in [0.15, 0.2) is 0 Å². The van der Waals surface area contributed by atoms with Crippen LogP contribution in [0.2, 0.25) is 0 Å². The number of rotatable bonds is 4. The van der Waals surface area contributed by atoms with E-state index in [2.05, 4.69) is 23.9 Å². The van der Waals surface area contributed by atoms with E-state index in [9.17, 15) is 9.59 Å². The number of carbonyl (C=O) groups excluding carboxylic acids is 2. The number of halogens is 1. The quantitative estimate of drug-likeness (QED) is 0.479. The molecule has 1 amide bonds. The largest absolute Gasteiger partial charge is 0.468 e. The first-order valence-electron chi connectivity index (χ1n) is 4.88. The van der Waals surface area contributed by atoms with Crippen molar-refractivity contribution in [3.8, 4) is 0 Å². The van der Waals surface area contributed by atoms with Crippen molar-refractivity contribution in [1.82, 2.24) is 5.32 Å². The van der Waals surface area contributed by atoms with Gasteiger partial charge in [-0.3, -0.25) is 9.59 Å². The molecule has 0 saturated heterocycles. The Balaban J connectivity index is 2.26. The zero-order valence-electron chi connectivity index (χ0n) is 9.17. The summed E-state index contributed by atoms with van der Waals surface area (Å²) in [5.41, 5.74) is 0.135. The number of methoxy groups -OCH3 is 1. The fourth-order valence-electron chi connectivity index (χ4n) is 1.44. The molecule has 1 fully saturated rings. The van der Waals surface area contributed by atoms with Crippen LogP contribution in [0.3, 0.4) is 0 Å². The van der Waals surface area contributed by atoms with E-state index in [1.807, 2.05) is 22.6 Å². The molecule has 0 aromatic carbocycles. The van der Waals surface area contributed by atoms with Gasteiger partial charge in [0.1, 0.15) is 3.92 Å². The van der Waals surface area contributed by atoms with Crippen LogP contribution >= 0.6 is 22.6 Å². The molecule has 0 spiro atoms. The molecule has 2 unspecified atom stereocenters. The maximum atomic E-state index is 11.6. The van der Waals surface area contributed by atoms with Crippen LogP contribution in [0.1, 0.15) is 20.3 Å². The molecule has 1 rings (SSSR count). The Morgan fingerprint density at radius 1 is 1.60 bits per heavy atom. The van der Waals surface area contributed by atoms with Gasteiger partial charge in [0, 0.05) is 12.5 Å². The number of hydrogen-bond acceptors (Lipinski definition) is 3. The topological polar surface area (TPSA) is 55.4 Å². The van der Waals surface area contributed by atoms with E-state index < -0.39 is 0 Å². The Morgan fingerprint density at radius 2 is 2.13 bits per heavy atom. The minimum atomic E-state index is -0.307. The summed E-state index contributed by atoms with van der Waals surface area (Å²) in [6, 6.07) is 0. The van der Waals surface area contributed by atoms with Gasteiger partial charge in [0.05, 0.1) is 7.11 Å². The van der Waals surface area contributed by atoms with Gasteiger partial charge in [-0.25, -0.2) is 0 Å². The van der Waals surface area contributed by atoms with Crippen LogP contribution in [0.4, 0.5) is 0 Å². The summed E-state index contributed by atoms with van der Waals surface area (Å²) in [6.45, 7) is 4.48. The number of alkyl halides is 1. The van der Waals surface area contributed by atoms with Gasteiger partial charge in [-0.15, -0.1) is 0 Å². The Hall–Kier alpha value is -0.330. The summed E-state index contributed by atoms with van der Waals surface area (Å²) in [7, 11) is 1.35. The summed E-state index contributed by atoms with van der Waals surface area (Å²) < 4.78 is 4.26. The van der Waals surface area contributed by atoms with Crippen LogP contribution in [0.5, 0.6) is 0 Å². The molecular weight excluding hydrogens is 309 g/mol. The predicted molar refractivity (Wildman–Crippen MR) is 64.7 cm³/mol. The third-order valence-corrected chi connectivity index (χ3v) is 3.69. The minimum absolute atomic E-state index is 0.0468. The average Bonchev–Trinajstić information content (AvgIpc) is 2.82. The van der Waals surface area contributed by atoms with E-state index in [-0.39, 0.29) is 27.1 Å². The highest BCUT2D eigenvalue weighted by Gasteiger charge is 2.50. The molecule has 1 N–H and O–H groups in total. The monoisotopic (exact) mass is 325 g/mol. The van der Waals surface area contributed by atoms with Crippen molar-refractivity contribution in [2.45, 2.75) is 24.2 Å². The minimum Gasteiger partial charge on any atom is -0.468 e. The van der Waals surface area contributed by atoms with Crippen LogP contribution in [-0.4, -0.2) is 29.5 Å². The second-order valence-corrected chi connectivity index (χ2v) is 5.98. The highest BCUT2D eigenvalue weighted by Crippen LogP contribution is 2.51. The zero-order chi connectivity index (χ0) is 11.6. The number of esters is 1. The van der Waals surface area contributed by atoms with Crippen molar-refractivity contribution in [1.29, 1.82) is 0 Å². The normalized spacial score (nSPS) is 24.1. The maximum absolute atomic E-state index is 11.6. The third-order valence-electron chi connectivity index (χ3n) is 2.74. The first-order chi connectivity index (χ1) is 6.88. The third kappa shape index (κ3) is 3.32. The Kier molecular flexibility index (Phi) is 3.97. The van der Waals surface area contributed by atoms with Crippen LogP contribution in [-0.2, 0) is 14.3 Å². The van der Waals surface area contributed by atoms with Gasteiger partial charge in [0.2, 0.25) is 5.91 Å². The van der Waals surface area contributed by atoms with Gasteiger partial charge in [0.15, 0.2) is 0 Å². The Morgan fingerprint density at radius 3 is 2.53 bits per heavy atom. The summed E-state index contributed by atoms with van der Waals surface area (Å²) in [5, 5.41) is 2.77. The van der Waals surface area contributed by atoms with Crippen LogP contribution in [0.25, 0.3) is 0 Å². The van der Waals surface area contributed by atoms with Gasteiger partial charge in [-0.05, 0) is 11.8 Å². The van der Waals surface area contributed by atoms with E-state index in [0.29, 0.717) is 6.54 Å². The molecule has 0 heterocycles. The van der Waals surface area contributed by atoms with Crippen molar-refractivity contribution < 1.29 is 14.3 Å². The van der Waals surface area contributed by atoms with Crippen molar-refractivity contribution >= 4 is 34.5 Å². The lowest BCUT2D eigenvalue weighted by atomic mass is 10.1. The maximum Gasteiger partial charge on any atom is 0.320 e. The fourth-order valence-corrected chi connectivity index (χ4v) is 1.91. The molecule has 2 atom stereocenters. The van der Waals surface area contributed by atoms with E-state index in [1.165, 1.54) is 7.11 Å². The summed E-state index contributed by atoms with van der Waals surface area (Å²) >= 11 is 1.96. The van der Waals surface area contributed by atoms with Crippen LogP contribution in [0, 0.1) is 11.3 Å². The fraction of sp³-hybridized carbons (Fsp3) is 0.800. The molecule has 0 aliphatic heterocycles. The lowest BCUT2D eigenvalue weighted by Crippen LogP contribution is -2.35. The second-order valence-electron chi connectivity index (χ2n) is 4.48. The van der Waals surface area contributed by atoms with E-state index in [4.69, 9.17) is 0 Å². The summed E-state index contributed by atoms with van der Waals surface area (Å²) in [5.74, 6) is -0.143. The van der Waals surface area contributed by atoms with Crippen molar-refractivity contribution in [3.63, 3.8) is 0 Å². The smallest absolute Gasteiger partial charge is 0.320 e. The number of nitrogens with one attached hydrogen (secondary N) is 1. The van der Waals surface area contributed by atoms with Gasteiger partial charge in [0.25, 0.3) is 0 Å². The standard InChI is InChI=1S/C10H16INO3/c1-10(2)4-6(10)8(13)12-5-7(11)9(14)15-3/h6-7H,4-5H2,1-3H3,(H,12,13). The molecule has 1 aliphatic rings. The molecule has 1 aliphatic carbocycles. The molecule has 86 valence electrons. The van der Waals surface area contributed by atoms with Gasteiger partial charge < -0.3 is 10.1 Å². The number of amides is 1. The van der Waals surface area contributed by atoms with Gasteiger partial charge in [-0.1, -0.05) is 36.4 Å². The lowest BCUT2D eigenvalue weighted by Gasteiger charge is -2.09. The molecule has 0 aromatic rings. The highest BCUT2D eigenvalue weighted by atomic mass is 127. The molecular formula is C10H16INO3. The first-order valence-corrected chi connectivity index (χ1v) is 6.12. The van der Waals surface area contributed by atoms with E-state index in [1.54, 1.807) is 0 Å². The van der Waals surface area contributed by atoms with E-state index >= 15 is 0 Å². The molecule has 0 bridgehead atoms. The molecule has 1 saturated carbocycles. The molecule has 5 heteroatoms. The zero-order valence-corrected chi connectivity index (χ0v) is 11.3. The predicted octanol–water partition coefficient (Wildman–Crippen LogP) is 1.13. The van der Waals surface area contributed by atoms with Crippen molar-refractivity contribution in [2.75, 3.05) is 13.7 Å². The lowest BCUT2D eigenvalue weighted by molar-refractivity contribution is -0.139. The number of ether oxygens (including phenoxy) is 1. The van der Waals surface area contributed by atoms with Gasteiger partial charge >= 0.3 is 5.97 Å². The number of hydrogen-bond donors (Lipinski definition) is 1. The van der Waals surface area contributed by atoms with Gasteiger partial charge in [-0.2, -0.15) is 0 Å². The summed E-state index contributed by atoms with van der Waals surface area (Å²) in [4.78, 5) is 22.6. The van der Waals surface area contributed by atoms with E-state index in [0.717, 1.165) is 6.42 Å². The molecule has 15 heavy (non-hydrogen) atoms. The number of carbonyl (C=O) groups is 2. The Bertz CT molecular complexity index is 278. The van der Waals surface area contributed by atoms with Crippen LogP contribution < -0.4 is 5.32 Å². The molecule has 4 nitrogen and oxygen atoms in total.